The number of allylic oxidation sites excluding steroid dienone is 1. The third kappa shape index (κ3) is 4.24. The number of aliphatic hydroxyl groups excluding tert-OH is 1. The minimum absolute atomic E-state index is 0.0362. The fourth-order valence-electron chi connectivity index (χ4n) is 4.59. The average molecular weight is 394 g/mol. The van der Waals surface area contributed by atoms with Gasteiger partial charge >= 0.3 is 0 Å². The summed E-state index contributed by atoms with van der Waals surface area (Å²) >= 11 is 0. The lowest BCUT2D eigenvalue weighted by Gasteiger charge is -2.35. The molecule has 0 bridgehead atoms. The Kier molecular flexibility index (Phi) is 6.91. The summed E-state index contributed by atoms with van der Waals surface area (Å²) in [6.07, 6.45) is 5.65. The first kappa shape index (κ1) is 22.4. The van der Waals surface area contributed by atoms with Crippen LogP contribution in [-0.4, -0.2) is 59.0 Å². The predicted octanol–water partition coefficient (Wildman–Crippen LogP) is 1.07. The summed E-state index contributed by atoms with van der Waals surface area (Å²) in [5.74, 6) is -2.16. The fourth-order valence-corrected chi connectivity index (χ4v) is 4.59. The third-order valence-electron chi connectivity index (χ3n) is 5.72. The minimum atomic E-state index is -0.732. The van der Waals surface area contributed by atoms with Crippen LogP contribution in [0.25, 0.3) is 0 Å². The molecular weight excluding hydrogens is 358 g/mol. The molecule has 3 N–H and O–H groups in total. The molecule has 28 heavy (non-hydrogen) atoms. The largest absolute Gasteiger partial charge is 0.394 e. The van der Waals surface area contributed by atoms with Gasteiger partial charge in [-0.25, -0.2) is 0 Å². The van der Waals surface area contributed by atoms with Crippen LogP contribution in [0.2, 0.25) is 0 Å². The highest BCUT2D eigenvalue weighted by atomic mass is 16.3. The smallest absolute Gasteiger partial charge is 0.243 e. The lowest BCUT2D eigenvalue weighted by molar-refractivity contribution is -0.143. The zero-order valence-electron chi connectivity index (χ0n) is 17.9. The van der Waals surface area contributed by atoms with Crippen LogP contribution in [0.15, 0.2) is 12.2 Å². The average Bonchev–Trinajstić information content (AvgIpc) is 2.92. The quantitative estimate of drug-likeness (QED) is 0.588. The van der Waals surface area contributed by atoms with Gasteiger partial charge in [-0.2, -0.15) is 0 Å². The first-order valence-electron chi connectivity index (χ1n) is 10.2. The summed E-state index contributed by atoms with van der Waals surface area (Å²) < 4.78 is 0. The maximum absolute atomic E-state index is 13.4. The molecular formula is C21H35N3O4. The summed E-state index contributed by atoms with van der Waals surface area (Å²) in [5, 5.41) is 15.4. The van der Waals surface area contributed by atoms with E-state index in [0.717, 1.165) is 12.8 Å². The molecule has 0 radical (unpaired) electrons. The van der Waals surface area contributed by atoms with Crippen LogP contribution >= 0.6 is 0 Å². The van der Waals surface area contributed by atoms with Crippen molar-refractivity contribution in [2.24, 2.45) is 23.7 Å². The molecule has 0 aromatic rings. The van der Waals surface area contributed by atoms with Crippen molar-refractivity contribution in [1.29, 1.82) is 0 Å². The van der Waals surface area contributed by atoms with Gasteiger partial charge in [-0.1, -0.05) is 25.5 Å². The first-order chi connectivity index (χ1) is 13.1. The molecule has 0 saturated carbocycles. The summed E-state index contributed by atoms with van der Waals surface area (Å²) in [5.41, 5.74) is -0.449. The number of likely N-dealkylation sites (tertiary alicyclic amines) is 1. The Morgan fingerprint density at radius 1 is 1.25 bits per heavy atom. The van der Waals surface area contributed by atoms with Gasteiger partial charge in [0.2, 0.25) is 17.7 Å². The zero-order chi connectivity index (χ0) is 21.2. The van der Waals surface area contributed by atoms with Crippen molar-refractivity contribution in [3.63, 3.8) is 0 Å². The topological polar surface area (TPSA) is 98.7 Å². The molecule has 2 rings (SSSR count). The number of hydrogen-bond acceptors (Lipinski definition) is 4. The third-order valence-corrected chi connectivity index (χ3v) is 5.72. The Morgan fingerprint density at radius 2 is 1.89 bits per heavy atom. The number of carbonyl (C=O) groups excluding carboxylic acids is 3. The SMILES string of the molecule is CCC[C@@H]1C=C[C@H]2[C@@H](C(=O)N([C@H](C)CO)[C@@H]2C(=O)NC(C)(C)C)[C@@H]1C(=O)NC. The van der Waals surface area contributed by atoms with E-state index in [2.05, 4.69) is 17.6 Å². The summed E-state index contributed by atoms with van der Waals surface area (Å²) in [6.45, 7) is 9.21. The van der Waals surface area contributed by atoms with Gasteiger partial charge in [-0.15, -0.1) is 0 Å². The summed E-state index contributed by atoms with van der Waals surface area (Å²) in [7, 11) is 1.58. The van der Waals surface area contributed by atoms with E-state index >= 15 is 0 Å². The number of carbonyl (C=O) groups is 3. The molecule has 2 aliphatic rings. The summed E-state index contributed by atoms with van der Waals surface area (Å²) in [6, 6.07) is -1.23. The number of nitrogens with zero attached hydrogens (tertiary/aromatic N) is 1. The van der Waals surface area contributed by atoms with Crippen molar-refractivity contribution in [1.82, 2.24) is 15.5 Å². The number of aliphatic hydroxyl groups is 1. The molecule has 7 heteroatoms. The number of hydrogen-bond donors (Lipinski definition) is 3. The second-order valence-corrected chi connectivity index (χ2v) is 9.04. The molecule has 0 aromatic carbocycles. The molecule has 1 saturated heterocycles. The monoisotopic (exact) mass is 393 g/mol. The van der Waals surface area contributed by atoms with Crippen LogP contribution in [0.4, 0.5) is 0 Å². The van der Waals surface area contributed by atoms with E-state index < -0.39 is 29.5 Å². The van der Waals surface area contributed by atoms with Gasteiger partial charge in [-0.05, 0) is 40.0 Å². The highest BCUT2D eigenvalue weighted by Crippen LogP contribution is 2.45. The van der Waals surface area contributed by atoms with Gasteiger partial charge in [-0.3, -0.25) is 14.4 Å². The van der Waals surface area contributed by atoms with Crippen molar-refractivity contribution in [3.05, 3.63) is 12.2 Å². The Hall–Kier alpha value is -1.89. The number of nitrogens with one attached hydrogen (secondary N) is 2. The van der Waals surface area contributed by atoms with Gasteiger partial charge in [0.25, 0.3) is 0 Å². The van der Waals surface area contributed by atoms with Gasteiger partial charge in [0, 0.05) is 18.5 Å². The predicted molar refractivity (Wildman–Crippen MR) is 107 cm³/mol. The molecule has 3 amide bonds. The Labute approximate surface area is 167 Å². The highest BCUT2D eigenvalue weighted by Gasteiger charge is 2.58. The Bertz CT molecular complexity index is 640. The van der Waals surface area contributed by atoms with Crippen LogP contribution in [0.3, 0.4) is 0 Å². The molecule has 0 aromatic heterocycles. The van der Waals surface area contributed by atoms with Gasteiger partial charge < -0.3 is 20.6 Å². The van der Waals surface area contributed by atoms with Gasteiger partial charge in [0.1, 0.15) is 6.04 Å². The van der Waals surface area contributed by atoms with Crippen molar-refractivity contribution in [3.8, 4) is 0 Å². The van der Waals surface area contributed by atoms with Crippen molar-refractivity contribution >= 4 is 17.7 Å². The maximum atomic E-state index is 13.4. The number of fused-ring (bicyclic) bond motifs is 1. The molecule has 1 aliphatic heterocycles. The van der Waals surface area contributed by atoms with Crippen molar-refractivity contribution in [2.75, 3.05) is 13.7 Å². The normalized spacial score (nSPS) is 30.8. The van der Waals surface area contributed by atoms with E-state index in [1.165, 1.54) is 4.90 Å². The molecule has 158 valence electrons. The standard InChI is InChI=1S/C21H35N3O4/c1-7-8-13-9-10-14-16(15(13)18(26)22-6)20(28)24(12(2)11-25)17(14)19(27)23-21(3,4)5/h9-10,12-17,25H,7-8,11H2,1-6H3,(H,22,26)(H,23,27)/t12-,13-,14+,15-,16-,17+/m1/s1. The van der Waals surface area contributed by atoms with E-state index in [4.69, 9.17) is 0 Å². The van der Waals surface area contributed by atoms with E-state index in [0.29, 0.717) is 0 Å². The van der Waals surface area contributed by atoms with Crippen LogP contribution < -0.4 is 10.6 Å². The fraction of sp³-hybridized carbons (Fsp3) is 0.762. The Balaban J connectivity index is 2.50. The van der Waals surface area contributed by atoms with E-state index in [-0.39, 0.29) is 36.2 Å². The molecule has 0 spiro atoms. The van der Waals surface area contributed by atoms with Crippen LogP contribution in [0.1, 0.15) is 47.5 Å². The first-order valence-corrected chi connectivity index (χ1v) is 10.2. The van der Waals surface area contributed by atoms with Gasteiger partial charge in [0.15, 0.2) is 0 Å². The second kappa shape index (κ2) is 8.64. The summed E-state index contributed by atoms with van der Waals surface area (Å²) in [4.78, 5) is 40.8. The van der Waals surface area contributed by atoms with E-state index in [1.54, 1.807) is 14.0 Å². The molecule has 0 unspecified atom stereocenters. The molecule has 6 atom stereocenters. The lowest BCUT2D eigenvalue weighted by Crippen LogP contribution is -2.55. The van der Waals surface area contributed by atoms with Crippen molar-refractivity contribution in [2.45, 2.75) is 65.1 Å². The molecule has 1 aliphatic carbocycles. The zero-order valence-corrected chi connectivity index (χ0v) is 17.9. The van der Waals surface area contributed by atoms with E-state index in [1.807, 2.05) is 32.9 Å². The minimum Gasteiger partial charge on any atom is -0.394 e. The number of amides is 3. The number of rotatable bonds is 6. The highest BCUT2D eigenvalue weighted by molar-refractivity contribution is 5.97. The van der Waals surface area contributed by atoms with Crippen molar-refractivity contribution < 1.29 is 19.5 Å². The molecule has 1 heterocycles. The lowest BCUT2D eigenvalue weighted by atomic mass is 9.68. The van der Waals surface area contributed by atoms with Crippen LogP contribution in [0, 0.1) is 23.7 Å². The van der Waals surface area contributed by atoms with Crippen LogP contribution in [0.5, 0.6) is 0 Å². The molecule has 1 fully saturated rings. The van der Waals surface area contributed by atoms with Crippen LogP contribution in [-0.2, 0) is 14.4 Å². The van der Waals surface area contributed by atoms with E-state index in [9.17, 15) is 19.5 Å². The van der Waals surface area contributed by atoms with Gasteiger partial charge in [0.05, 0.1) is 24.5 Å². The maximum Gasteiger partial charge on any atom is 0.243 e. The second-order valence-electron chi connectivity index (χ2n) is 9.04. The molecule has 7 nitrogen and oxygen atoms in total. The Morgan fingerprint density at radius 3 is 2.39 bits per heavy atom.